The van der Waals surface area contributed by atoms with E-state index >= 15 is 0 Å². The van der Waals surface area contributed by atoms with Gasteiger partial charge in [-0.3, -0.25) is 9.69 Å². The number of aromatic hydroxyl groups is 1. The minimum atomic E-state index is -0.0579. The van der Waals surface area contributed by atoms with Crippen LogP contribution in [-0.2, 0) is 6.54 Å². The predicted octanol–water partition coefficient (Wildman–Crippen LogP) is 5.87. The summed E-state index contributed by atoms with van der Waals surface area (Å²) in [5.41, 5.74) is 2.55. The van der Waals surface area contributed by atoms with Gasteiger partial charge in [0.2, 0.25) is 5.43 Å². The highest BCUT2D eigenvalue weighted by molar-refractivity contribution is 7.10. The SMILES string of the molecule is Cc1oc2c(CN3CCC[C@H]3c3cccs3)c(O)ccc2c(=O)c1-c1ccccc1. The molecule has 0 aliphatic carbocycles. The van der Waals surface area contributed by atoms with Crippen LogP contribution in [-0.4, -0.2) is 16.6 Å². The lowest BCUT2D eigenvalue weighted by atomic mass is 10.0. The Bertz CT molecular complexity index is 1250. The Hall–Kier alpha value is -2.89. The van der Waals surface area contributed by atoms with Crippen molar-refractivity contribution in [3.05, 3.63) is 86.4 Å². The van der Waals surface area contributed by atoms with Crippen LogP contribution in [0.25, 0.3) is 22.1 Å². The van der Waals surface area contributed by atoms with E-state index in [-0.39, 0.29) is 11.2 Å². The van der Waals surface area contributed by atoms with Crippen molar-refractivity contribution in [3.63, 3.8) is 0 Å². The summed E-state index contributed by atoms with van der Waals surface area (Å²) in [4.78, 5) is 17.1. The van der Waals surface area contributed by atoms with Crippen molar-refractivity contribution < 1.29 is 9.52 Å². The van der Waals surface area contributed by atoms with E-state index in [0.29, 0.717) is 40.4 Å². The van der Waals surface area contributed by atoms with E-state index in [1.54, 1.807) is 23.5 Å². The Kier molecular flexibility index (Phi) is 4.93. The van der Waals surface area contributed by atoms with Crippen molar-refractivity contribution >= 4 is 22.3 Å². The summed E-state index contributed by atoms with van der Waals surface area (Å²) in [6, 6.07) is 17.5. The molecule has 30 heavy (non-hydrogen) atoms. The van der Waals surface area contributed by atoms with Crippen LogP contribution in [0.15, 0.2) is 69.2 Å². The highest BCUT2D eigenvalue weighted by atomic mass is 32.1. The number of aryl methyl sites for hydroxylation is 1. The van der Waals surface area contributed by atoms with Gasteiger partial charge in [0, 0.05) is 17.5 Å². The predicted molar refractivity (Wildman–Crippen MR) is 121 cm³/mol. The summed E-state index contributed by atoms with van der Waals surface area (Å²) in [5.74, 6) is 0.746. The molecule has 4 aromatic rings. The molecule has 4 nitrogen and oxygen atoms in total. The summed E-state index contributed by atoms with van der Waals surface area (Å²) >= 11 is 1.77. The number of benzene rings is 2. The smallest absolute Gasteiger partial charge is 0.200 e. The van der Waals surface area contributed by atoms with E-state index in [1.807, 2.05) is 37.3 Å². The molecule has 152 valence electrons. The standard InChI is InChI=1S/C25H23NO3S/c1-16-23(17-7-3-2-4-8-17)24(28)18-11-12-21(27)19(25(18)29-16)15-26-13-5-9-20(26)22-10-6-14-30-22/h2-4,6-8,10-12,14,20,27H,5,9,13,15H2,1H3/t20-/m0/s1. The van der Waals surface area contributed by atoms with Gasteiger partial charge in [-0.05, 0) is 55.5 Å². The van der Waals surface area contributed by atoms with E-state index in [1.165, 1.54) is 4.88 Å². The summed E-state index contributed by atoms with van der Waals surface area (Å²) < 4.78 is 6.19. The molecule has 0 saturated carbocycles. The zero-order chi connectivity index (χ0) is 20.7. The zero-order valence-electron chi connectivity index (χ0n) is 16.8. The molecule has 0 unspecified atom stereocenters. The molecular weight excluding hydrogens is 394 g/mol. The van der Waals surface area contributed by atoms with Gasteiger partial charge in [-0.25, -0.2) is 0 Å². The van der Waals surface area contributed by atoms with Crippen LogP contribution in [0.5, 0.6) is 5.75 Å². The van der Waals surface area contributed by atoms with Crippen molar-refractivity contribution in [1.29, 1.82) is 0 Å². The number of likely N-dealkylation sites (tertiary alicyclic amines) is 1. The molecule has 0 bridgehead atoms. The molecule has 2 aromatic carbocycles. The monoisotopic (exact) mass is 417 g/mol. The summed E-state index contributed by atoms with van der Waals surface area (Å²) in [6.07, 6.45) is 2.22. The van der Waals surface area contributed by atoms with Crippen LogP contribution in [0, 0.1) is 6.92 Å². The average molecular weight is 418 g/mol. The van der Waals surface area contributed by atoms with Gasteiger partial charge in [-0.1, -0.05) is 36.4 Å². The first kappa shape index (κ1) is 19.1. The quantitative estimate of drug-likeness (QED) is 0.451. The fourth-order valence-electron chi connectivity index (χ4n) is 4.53. The molecule has 3 heterocycles. The van der Waals surface area contributed by atoms with E-state index in [9.17, 15) is 9.90 Å². The van der Waals surface area contributed by atoms with Gasteiger partial charge in [0.15, 0.2) is 0 Å². The third-order valence-corrected chi connectivity index (χ3v) is 6.95. The maximum Gasteiger partial charge on any atom is 0.200 e. The molecule has 5 heteroatoms. The number of nitrogens with zero attached hydrogens (tertiary/aromatic N) is 1. The molecule has 1 fully saturated rings. The van der Waals surface area contributed by atoms with Gasteiger partial charge >= 0.3 is 0 Å². The van der Waals surface area contributed by atoms with Gasteiger partial charge in [-0.2, -0.15) is 0 Å². The van der Waals surface area contributed by atoms with Crippen molar-refractivity contribution in [1.82, 2.24) is 4.90 Å². The molecule has 5 rings (SSSR count). The number of thiophene rings is 1. The van der Waals surface area contributed by atoms with Crippen molar-refractivity contribution in [3.8, 4) is 16.9 Å². The topological polar surface area (TPSA) is 53.7 Å². The minimum Gasteiger partial charge on any atom is -0.507 e. The zero-order valence-corrected chi connectivity index (χ0v) is 17.6. The van der Waals surface area contributed by atoms with Crippen LogP contribution >= 0.6 is 11.3 Å². The molecule has 0 spiro atoms. The maximum atomic E-state index is 13.3. The van der Waals surface area contributed by atoms with Crippen molar-refractivity contribution in [2.75, 3.05) is 6.54 Å². The van der Waals surface area contributed by atoms with Crippen LogP contribution in [0.4, 0.5) is 0 Å². The van der Waals surface area contributed by atoms with Crippen LogP contribution < -0.4 is 5.43 Å². The van der Waals surface area contributed by atoms with E-state index in [0.717, 1.165) is 24.9 Å². The minimum absolute atomic E-state index is 0.0579. The largest absolute Gasteiger partial charge is 0.507 e. The molecule has 1 N–H and O–H groups in total. The fourth-order valence-corrected chi connectivity index (χ4v) is 5.42. The molecular formula is C25H23NO3S. The summed E-state index contributed by atoms with van der Waals surface area (Å²) in [6.45, 7) is 3.34. The average Bonchev–Trinajstić information content (AvgIpc) is 3.43. The molecule has 1 aliphatic rings. The summed E-state index contributed by atoms with van der Waals surface area (Å²) in [5, 5.41) is 13.3. The molecule has 0 radical (unpaired) electrons. The normalized spacial score (nSPS) is 17.0. The van der Waals surface area contributed by atoms with Gasteiger partial charge < -0.3 is 9.52 Å². The molecule has 2 aromatic heterocycles. The number of hydrogen-bond acceptors (Lipinski definition) is 5. The second-order valence-corrected chi connectivity index (χ2v) is 8.79. The summed E-state index contributed by atoms with van der Waals surface area (Å²) in [7, 11) is 0. The molecule has 1 atom stereocenters. The number of fused-ring (bicyclic) bond motifs is 1. The Balaban J connectivity index is 1.61. The van der Waals surface area contributed by atoms with Crippen molar-refractivity contribution in [2.45, 2.75) is 32.4 Å². The first-order valence-electron chi connectivity index (χ1n) is 10.2. The third kappa shape index (κ3) is 3.24. The van der Waals surface area contributed by atoms with Crippen LogP contribution in [0.1, 0.15) is 35.1 Å². The second kappa shape index (κ2) is 7.74. The Morgan fingerprint density at radius 3 is 2.73 bits per heavy atom. The molecule has 0 amide bonds. The Labute approximate surface area is 179 Å². The number of rotatable bonds is 4. The van der Waals surface area contributed by atoms with Gasteiger partial charge in [0.05, 0.1) is 16.5 Å². The van der Waals surface area contributed by atoms with Crippen molar-refractivity contribution in [2.24, 2.45) is 0 Å². The highest BCUT2D eigenvalue weighted by Crippen LogP contribution is 2.38. The van der Waals surface area contributed by atoms with Gasteiger partial charge in [-0.15, -0.1) is 11.3 Å². The Morgan fingerprint density at radius 1 is 1.13 bits per heavy atom. The maximum absolute atomic E-state index is 13.3. The number of phenols is 1. The third-order valence-electron chi connectivity index (χ3n) is 5.97. The lowest BCUT2D eigenvalue weighted by Gasteiger charge is -2.24. The van der Waals surface area contributed by atoms with Gasteiger partial charge in [0.1, 0.15) is 17.1 Å². The first-order valence-corrected chi connectivity index (χ1v) is 11.1. The van der Waals surface area contributed by atoms with E-state index in [4.69, 9.17) is 4.42 Å². The van der Waals surface area contributed by atoms with E-state index in [2.05, 4.69) is 22.4 Å². The lowest BCUT2D eigenvalue weighted by molar-refractivity contribution is 0.248. The first-order chi connectivity index (χ1) is 14.6. The van der Waals surface area contributed by atoms with Crippen LogP contribution in [0.3, 0.4) is 0 Å². The van der Waals surface area contributed by atoms with Crippen LogP contribution in [0.2, 0.25) is 0 Å². The highest BCUT2D eigenvalue weighted by Gasteiger charge is 2.29. The lowest BCUT2D eigenvalue weighted by Crippen LogP contribution is -2.22. The number of hydrogen-bond donors (Lipinski definition) is 1. The molecule has 1 saturated heterocycles. The molecule has 1 aliphatic heterocycles. The number of phenolic OH excluding ortho intramolecular Hbond substituents is 1. The van der Waals surface area contributed by atoms with E-state index < -0.39 is 0 Å². The fraction of sp³-hybridized carbons (Fsp3) is 0.240. The second-order valence-electron chi connectivity index (χ2n) is 7.81. The van der Waals surface area contributed by atoms with Gasteiger partial charge in [0.25, 0.3) is 0 Å². The Morgan fingerprint density at radius 2 is 1.97 bits per heavy atom.